The number of anilines is 1. The van der Waals surface area contributed by atoms with Crippen LogP contribution in [0, 0.1) is 0 Å². The van der Waals surface area contributed by atoms with Gasteiger partial charge in [-0.25, -0.2) is 9.78 Å². The molecule has 0 spiro atoms. The Morgan fingerprint density at radius 3 is 2.67 bits per heavy atom. The van der Waals surface area contributed by atoms with Crippen LogP contribution in [0.2, 0.25) is 5.02 Å². The SMILES string of the molecule is CC(C)OC(=O)c1cccc(NC(=O)Cn2cnc3scc(-c4ccc(Cl)cc4)c3c2=O)c1. The predicted octanol–water partition coefficient (Wildman–Crippen LogP) is 4.98. The van der Waals surface area contributed by atoms with Crippen LogP contribution >= 0.6 is 22.9 Å². The molecule has 0 unspecified atom stereocenters. The van der Waals surface area contributed by atoms with Crippen molar-refractivity contribution in [3.05, 3.63) is 81.2 Å². The van der Waals surface area contributed by atoms with Crippen LogP contribution in [-0.2, 0) is 16.1 Å². The van der Waals surface area contributed by atoms with Crippen LogP contribution in [0.15, 0.2) is 65.0 Å². The molecular weight excluding hydrogens is 462 g/mol. The summed E-state index contributed by atoms with van der Waals surface area (Å²) in [6, 6.07) is 13.6. The second-order valence-electron chi connectivity index (χ2n) is 7.60. The molecule has 0 saturated carbocycles. The van der Waals surface area contributed by atoms with E-state index in [0.29, 0.717) is 26.5 Å². The average molecular weight is 482 g/mol. The molecule has 1 amide bonds. The van der Waals surface area contributed by atoms with Crippen LogP contribution in [0.5, 0.6) is 0 Å². The fraction of sp³-hybridized carbons (Fsp3) is 0.167. The van der Waals surface area contributed by atoms with Crippen molar-refractivity contribution in [1.82, 2.24) is 9.55 Å². The number of hydrogen-bond acceptors (Lipinski definition) is 6. The van der Waals surface area contributed by atoms with Gasteiger partial charge in [0.2, 0.25) is 5.91 Å². The zero-order valence-corrected chi connectivity index (χ0v) is 19.4. The van der Waals surface area contributed by atoms with Gasteiger partial charge < -0.3 is 10.1 Å². The number of carbonyl (C=O) groups is 2. The summed E-state index contributed by atoms with van der Waals surface area (Å²) in [4.78, 5) is 42.8. The molecule has 4 aromatic rings. The number of ether oxygens (including phenoxy) is 1. The third-order valence-electron chi connectivity index (χ3n) is 4.75. The molecule has 168 valence electrons. The van der Waals surface area contributed by atoms with Crippen LogP contribution in [0.4, 0.5) is 5.69 Å². The molecule has 0 saturated heterocycles. The van der Waals surface area contributed by atoms with E-state index in [2.05, 4.69) is 10.3 Å². The van der Waals surface area contributed by atoms with Gasteiger partial charge in [0.1, 0.15) is 11.4 Å². The largest absolute Gasteiger partial charge is 0.459 e. The number of halogens is 1. The Morgan fingerprint density at radius 1 is 1.18 bits per heavy atom. The third-order valence-corrected chi connectivity index (χ3v) is 5.89. The Morgan fingerprint density at radius 2 is 1.94 bits per heavy atom. The van der Waals surface area contributed by atoms with Crippen LogP contribution in [0.3, 0.4) is 0 Å². The zero-order valence-electron chi connectivity index (χ0n) is 17.9. The van der Waals surface area contributed by atoms with E-state index in [-0.39, 0.29) is 18.2 Å². The molecule has 0 aliphatic rings. The van der Waals surface area contributed by atoms with Gasteiger partial charge in [0.05, 0.1) is 23.4 Å². The van der Waals surface area contributed by atoms with E-state index in [1.807, 2.05) is 17.5 Å². The number of amides is 1. The predicted molar refractivity (Wildman–Crippen MR) is 130 cm³/mol. The molecule has 9 heteroatoms. The second-order valence-corrected chi connectivity index (χ2v) is 8.89. The number of carbonyl (C=O) groups excluding carboxylic acids is 2. The van der Waals surface area contributed by atoms with Crippen molar-refractivity contribution < 1.29 is 14.3 Å². The van der Waals surface area contributed by atoms with Gasteiger partial charge in [-0.05, 0) is 49.7 Å². The molecule has 0 aliphatic carbocycles. The summed E-state index contributed by atoms with van der Waals surface area (Å²) in [5.74, 6) is -0.893. The van der Waals surface area contributed by atoms with E-state index in [9.17, 15) is 14.4 Å². The number of hydrogen-bond donors (Lipinski definition) is 1. The monoisotopic (exact) mass is 481 g/mol. The van der Waals surface area contributed by atoms with Gasteiger partial charge in [0.25, 0.3) is 5.56 Å². The Balaban J connectivity index is 1.56. The van der Waals surface area contributed by atoms with Gasteiger partial charge in [0.15, 0.2) is 0 Å². The molecule has 2 aromatic heterocycles. The molecule has 33 heavy (non-hydrogen) atoms. The summed E-state index contributed by atoms with van der Waals surface area (Å²) < 4.78 is 6.45. The Bertz CT molecular complexity index is 1390. The number of rotatable bonds is 6. The highest BCUT2D eigenvalue weighted by Crippen LogP contribution is 2.31. The number of esters is 1. The quantitative estimate of drug-likeness (QED) is 0.392. The lowest BCUT2D eigenvalue weighted by atomic mass is 10.1. The van der Waals surface area contributed by atoms with E-state index in [1.54, 1.807) is 44.2 Å². The van der Waals surface area contributed by atoms with Crippen LogP contribution in [0.1, 0.15) is 24.2 Å². The van der Waals surface area contributed by atoms with Gasteiger partial charge in [0, 0.05) is 21.7 Å². The van der Waals surface area contributed by atoms with Crippen LogP contribution < -0.4 is 10.9 Å². The molecule has 0 aliphatic heterocycles. The van der Waals surface area contributed by atoms with Crippen molar-refractivity contribution >= 4 is 50.7 Å². The molecule has 0 fully saturated rings. The van der Waals surface area contributed by atoms with Crippen molar-refractivity contribution in [3.8, 4) is 11.1 Å². The number of aromatic nitrogens is 2. The topological polar surface area (TPSA) is 90.3 Å². The Labute approximate surface area is 198 Å². The maximum Gasteiger partial charge on any atom is 0.338 e. The minimum absolute atomic E-state index is 0.224. The van der Waals surface area contributed by atoms with E-state index >= 15 is 0 Å². The summed E-state index contributed by atoms with van der Waals surface area (Å²) in [6.45, 7) is 3.30. The van der Waals surface area contributed by atoms with Crippen LogP contribution in [-0.4, -0.2) is 27.5 Å². The summed E-state index contributed by atoms with van der Waals surface area (Å²) in [6.07, 6.45) is 1.11. The van der Waals surface area contributed by atoms with Crippen molar-refractivity contribution in [1.29, 1.82) is 0 Å². The Kier molecular flexibility index (Phi) is 6.57. The van der Waals surface area contributed by atoms with E-state index in [1.165, 1.54) is 28.3 Å². The first-order chi connectivity index (χ1) is 15.8. The third kappa shape index (κ3) is 5.13. The fourth-order valence-corrected chi connectivity index (χ4v) is 4.32. The number of nitrogens with one attached hydrogen (secondary N) is 1. The lowest BCUT2D eigenvalue weighted by Gasteiger charge is -2.10. The van der Waals surface area contributed by atoms with E-state index in [4.69, 9.17) is 16.3 Å². The molecule has 7 nitrogen and oxygen atoms in total. The smallest absolute Gasteiger partial charge is 0.338 e. The number of fused-ring (bicyclic) bond motifs is 1. The highest BCUT2D eigenvalue weighted by Gasteiger charge is 2.16. The van der Waals surface area contributed by atoms with Gasteiger partial charge in [-0.1, -0.05) is 29.8 Å². The highest BCUT2D eigenvalue weighted by molar-refractivity contribution is 7.17. The maximum atomic E-state index is 13.1. The minimum Gasteiger partial charge on any atom is -0.459 e. The molecular formula is C24H20ClN3O4S. The number of benzene rings is 2. The first-order valence-corrected chi connectivity index (χ1v) is 11.4. The van der Waals surface area contributed by atoms with Gasteiger partial charge in [-0.15, -0.1) is 11.3 Å². The van der Waals surface area contributed by atoms with E-state index < -0.39 is 11.9 Å². The van der Waals surface area contributed by atoms with E-state index in [0.717, 1.165) is 11.1 Å². The zero-order chi connectivity index (χ0) is 23.5. The van der Waals surface area contributed by atoms with Gasteiger partial charge in [-0.2, -0.15) is 0 Å². The molecule has 0 atom stereocenters. The number of thiophene rings is 1. The van der Waals surface area contributed by atoms with Crippen LogP contribution in [0.25, 0.3) is 21.3 Å². The second kappa shape index (κ2) is 9.56. The molecule has 0 bridgehead atoms. The first-order valence-electron chi connectivity index (χ1n) is 10.2. The standard InChI is InChI=1S/C24H20ClN3O4S/c1-14(2)32-24(31)16-4-3-5-18(10-16)27-20(29)11-28-13-26-22-21(23(28)30)19(12-33-22)15-6-8-17(25)9-7-15/h3-10,12-14H,11H2,1-2H3,(H,27,29). The summed E-state index contributed by atoms with van der Waals surface area (Å²) in [5.41, 5.74) is 2.04. The summed E-state index contributed by atoms with van der Waals surface area (Å²) in [7, 11) is 0. The molecule has 4 rings (SSSR count). The maximum absolute atomic E-state index is 13.1. The lowest BCUT2D eigenvalue weighted by Crippen LogP contribution is -2.27. The fourth-order valence-electron chi connectivity index (χ4n) is 3.28. The molecule has 0 radical (unpaired) electrons. The lowest BCUT2D eigenvalue weighted by molar-refractivity contribution is -0.116. The molecule has 2 heterocycles. The number of nitrogens with zero attached hydrogens (tertiary/aromatic N) is 2. The van der Waals surface area contributed by atoms with Crippen molar-refractivity contribution in [3.63, 3.8) is 0 Å². The average Bonchev–Trinajstić information content (AvgIpc) is 3.21. The first kappa shape index (κ1) is 22.7. The van der Waals surface area contributed by atoms with Gasteiger partial charge >= 0.3 is 5.97 Å². The normalized spacial score (nSPS) is 11.0. The minimum atomic E-state index is -0.473. The summed E-state index contributed by atoms with van der Waals surface area (Å²) >= 11 is 7.34. The molecule has 2 aromatic carbocycles. The highest BCUT2D eigenvalue weighted by atomic mass is 35.5. The summed E-state index contributed by atoms with van der Waals surface area (Å²) in [5, 5.41) is 5.64. The van der Waals surface area contributed by atoms with Crippen molar-refractivity contribution in [2.75, 3.05) is 5.32 Å². The molecule has 1 N–H and O–H groups in total. The Hall–Kier alpha value is -3.49. The van der Waals surface area contributed by atoms with Gasteiger partial charge in [-0.3, -0.25) is 14.2 Å². The van der Waals surface area contributed by atoms with Crippen molar-refractivity contribution in [2.24, 2.45) is 0 Å². The van der Waals surface area contributed by atoms with Crippen molar-refractivity contribution in [2.45, 2.75) is 26.5 Å².